The smallest absolute Gasteiger partial charge is 0.488 e. The Hall–Kier alpha value is -1.52. The van der Waals surface area contributed by atoms with Crippen LogP contribution in [0.5, 0.6) is 5.75 Å². The van der Waals surface area contributed by atoms with Crippen molar-refractivity contribution in [1.82, 2.24) is 0 Å². The monoisotopic (exact) mass is 202 g/mol. The normalized spacial score (nSPS) is 10.3. The van der Waals surface area contributed by atoms with Crippen LogP contribution in [0.4, 0.5) is 0 Å². The van der Waals surface area contributed by atoms with Crippen molar-refractivity contribution in [2.45, 2.75) is 0 Å². The van der Waals surface area contributed by atoms with E-state index in [9.17, 15) is 0 Å². The summed E-state index contributed by atoms with van der Waals surface area (Å²) in [6.07, 6.45) is 0. The Morgan fingerprint density at radius 2 is 1.93 bits per heavy atom. The first-order valence-corrected chi connectivity index (χ1v) is 4.65. The molecule has 0 saturated heterocycles. The van der Waals surface area contributed by atoms with Gasteiger partial charge in [0.15, 0.2) is 0 Å². The lowest BCUT2D eigenvalue weighted by molar-refractivity contribution is 0.419. The third-order valence-electron chi connectivity index (χ3n) is 2.38. The van der Waals surface area contributed by atoms with E-state index in [4.69, 9.17) is 14.8 Å². The van der Waals surface area contributed by atoms with Gasteiger partial charge in [0.2, 0.25) is 0 Å². The van der Waals surface area contributed by atoms with E-state index in [0.29, 0.717) is 5.46 Å². The zero-order valence-electron chi connectivity index (χ0n) is 8.34. The van der Waals surface area contributed by atoms with Crippen molar-refractivity contribution in [1.29, 1.82) is 0 Å². The van der Waals surface area contributed by atoms with E-state index in [1.807, 2.05) is 24.3 Å². The summed E-state index contributed by atoms with van der Waals surface area (Å²) in [7, 11) is 0.149. The number of hydrogen-bond donors (Lipinski definition) is 2. The Morgan fingerprint density at radius 3 is 2.60 bits per heavy atom. The number of methoxy groups -OCH3 is 1. The van der Waals surface area contributed by atoms with Gasteiger partial charge in [-0.05, 0) is 16.9 Å². The minimum atomic E-state index is -1.45. The molecule has 2 aromatic carbocycles. The van der Waals surface area contributed by atoms with Crippen LogP contribution in [0.2, 0.25) is 0 Å². The van der Waals surface area contributed by atoms with Crippen LogP contribution >= 0.6 is 0 Å². The van der Waals surface area contributed by atoms with E-state index < -0.39 is 7.12 Å². The van der Waals surface area contributed by atoms with Crippen LogP contribution in [-0.4, -0.2) is 24.3 Å². The first kappa shape index (κ1) is 10.0. The van der Waals surface area contributed by atoms with Crippen molar-refractivity contribution in [3.63, 3.8) is 0 Å². The summed E-state index contributed by atoms with van der Waals surface area (Å²) in [5.74, 6) is 0.731. The summed E-state index contributed by atoms with van der Waals surface area (Å²) < 4.78 is 5.20. The van der Waals surface area contributed by atoms with Gasteiger partial charge in [-0.15, -0.1) is 0 Å². The summed E-state index contributed by atoms with van der Waals surface area (Å²) in [5.41, 5.74) is 0.465. The van der Waals surface area contributed by atoms with E-state index in [2.05, 4.69) is 0 Å². The second-order valence-electron chi connectivity index (χ2n) is 3.31. The molecular formula is C11H11BO3. The summed E-state index contributed by atoms with van der Waals surface area (Å²) in [6.45, 7) is 0. The van der Waals surface area contributed by atoms with Crippen LogP contribution in [-0.2, 0) is 0 Å². The maximum Gasteiger partial charge on any atom is 0.488 e. The first-order valence-electron chi connectivity index (χ1n) is 4.65. The van der Waals surface area contributed by atoms with Gasteiger partial charge in [0.1, 0.15) is 5.75 Å². The maximum absolute atomic E-state index is 9.06. The maximum atomic E-state index is 9.06. The number of rotatable bonds is 2. The van der Waals surface area contributed by atoms with E-state index in [0.717, 1.165) is 16.5 Å². The van der Waals surface area contributed by atoms with Crippen molar-refractivity contribution < 1.29 is 14.8 Å². The summed E-state index contributed by atoms with van der Waals surface area (Å²) in [5, 5.41) is 20.0. The van der Waals surface area contributed by atoms with Crippen molar-refractivity contribution >= 4 is 23.4 Å². The number of ether oxygens (including phenoxy) is 1. The van der Waals surface area contributed by atoms with Crippen molar-refractivity contribution in [3.05, 3.63) is 36.4 Å². The van der Waals surface area contributed by atoms with Crippen LogP contribution in [0.1, 0.15) is 0 Å². The minimum absolute atomic E-state index is 0.465. The summed E-state index contributed by atoms with van der Waals surface area (Å²) >= 11 is 0. The third-order valence-corrected chi connectivity index (χ3v) is 2.38. The fourth-order valence-corrected chi connectivity index (χ4v) is 1.60. The second-order valence-corrected chi connectivity index (χ2v) is 3.31. The topological polar surface area (TPSA) is 49.7 Å². The van der Waals surface area contributed by atoms with Gasteiger partial charge in [-0.25, -0.2) is 0 Å². The van der Waals surface area contributed by atoms with Crippen LogP contribution in [0.25, 0.3) is 10.8 Å². The minimum Gasteiger partial charge on any atom is -0.496 e. The summed E-state index contributed by atoms with van der Waals surface area (Å²) in [4.78, 5) is 0. The van der Waals surface area contributed by atoms with Crippen LogP contribution in [0, 0.1) is 0 Å². The average Bonchev–Trinajstić information content (AvgIpc) is 2.27. The number of fused-ring (bicyclic) bond motifs is 1. The molecule has 2 rings (SSSR count). The molecular weight excluding hydrogens is 191 g/mol. The molecule has 76 valence electrons. The van der Waals surface area contributed by atoms with Crippen molar-refractivity contribution in [3.8, 4) is 5.75 Å². The Balaban J connectivity index is 2.67. The van der Waals surface area contributed by atoms with E-state index in [1.54, 1.807) is 19.2 Å². The average molecular weight is 202 g/mol. The van der Waals surface area contributed by atoms with Gasteiger partial charge in [-0.2, -0.15) is 0 Å². The molecule has 0 bridgehead atoms. The molecule has 0 aromatic heterocycles. The second kappa shape index (κ2) is 3.92. The lowest BCUT2D eigenvalue weighted by atomic mass is 9.79. The molecule has 0 atom stereocenters. The highest BCUT2D eigenvalue weighted by Crippen LogP contribution is 2.23. The zero-order valence-corrected chi connectivity index (χ0v) is 8.34. The molecule has 2 aromatic rings. The third kappa shape index (κ3) is 1.82. The molecule has 3 nitrogen and oxygen atoms in total. The molecule has 0 unspecified atom stereocenters. The standard InChI is InChI=1S/C11H11BO3/c1-15-11-4-2-3-8-5-6-9(12(13)14)7-10(8)11/h2-7,13-14H,1H3. The number of benzene rings is 2. The van der Waals surface area contributed by atoms with E-state index in [-0.39, 0.29) is 0 Å². The molecule has 0 saturated carbocycles. The van der Waals surface area contributed by atoms with Gasteiger partial charge in [0.25, 0.3) is 0 Å². The Kier molecular flexibility index (Phi) is 2.62. The fourth-order valence-electron chi connectivity index (χ4n) is 1.60. The predicted octanol–water partition coefficient (Wildman–Crippen LogP) is 0.528. The largest absolute Gasteiger partial charge is 0.496 e. The van der Waals surface area contributed by atoms with E-state index in [1.165, 1.54) is 0 Å². The first-order chi connectivity index (χ1) is 7.22. The molecule has 4 heteroatoms. The van der Waals surface area contributed by atoms with Gasteiger partial charge < -0.3 is 14.8 Å². The van der Waals surface area contributed by atoms with Crippen molar-refractivity contribution in [2.24, 2.45) is 0 Å². The molecule has 0 amide bonds. The van der Waals surface area contributed by atoms with Crippen molar-refractivity contribution in [2.75, 3.05) is 7.11 Å². The summed E-state index contributed by atoms with van der Waals surface area (Å²) in [6, 6.07) is 10.9. The van der Waals surface area contributed by atoms with Crippen LogP contribution < -0.4 is 10.2 Å². The SMILES string of the molecule is COc1cccc2ccc(B(O)O)cc12. The molecule has 0 aliphatic rings. The quantitative estimate of drug-likeness (QED) is 0.698. The highest BCUT2D eigenvalue weighted by atomic mass is 16.5. The van der Waals surface area contributed by atoms with Gasteiger partial charge in [-0.1, -0.05) is 30.3 Å². The lowest BCUT2D eigenvalue weighted by Crippen LogP contribution is -2.29. The molecule has 0 radical (unpaired) electrons. The Morgan fingerprint density at radius 1 is 1.13 bits per heavy atom. The van der Waals surface area contributed by atoms with Gasteiger partial charge in [-0.3, -0.25) is 0 Å². The molecule has 15 heavy (non-hydrogen) atoms. The van der Waals surface area contributed by atoms with Crippen LogP contribution in [0.3, 0.4) is 0 Å². The molecule has 2 N–H and O–H groups in total. The zero-order chi connectivity index (χ0) is 10.8. The van der Waals surface area contributed by atoms with Gasteiger partial charge in [0, 0.05) is 5.39 Å². The Bertz CT molecular complexity index is 482. The van der Waals surface area contributed by atoms with Gasteiger partial charge >= 0.3 is 7.12 Å². The molecule has 0 spiro atoms. The highest BCUT2D eigenvalue weighted by molar-refractivity contribution is 6.58. The Labute approximate surface area is 88.1 Å². The molecule has 0 aliphatic heterocycles. The fraction of sp³-hybridized carbons (Fsp3) is 0.0909. The highest BCUT2D eigenvalue weighted by Gasteiger charge is 2.12. The van der Waals surface area contributed by atoms with E-state index >= 15 is 0 Å². The molecule has 0 aliphatic carbocycles. The molecule has 0 fully saturated rings. The number of hydrogen-bond acceptors (Lipinski definition) is 3. The lowest BCUT2D eigenvalue weighted by Gasteiger charge is -2.07. The molecule has 0 heterocycles. The van der Waals surface area contributed by atoms with Crippen LogP contribution in [0.15, 0.2) is 36.4 Å². The predicted molar refractivity (Wildman–Crippen MR) is 60.3 cm³/mol. The van der Waals surface area contributed by atoms with Gasteiger partial charge in [0.05, 0.1) is 7.11 Å².